The minimum Gasteiger partial charge on any atom is -0.481 e. The maximum absolute atomic E-state index is 13.4. The molecule has 51 heavy (non-hydrogen) atoms. The van der Waals surface area contributed by atoms with E-state index in [1.807, 2.05) is 6.07 Å². The first-order chi connectivity index (χ1) is 24.2. The predicted molar refractivity (Wildman–Crippen MR) is 187 cm³/mol. The molecule has 1 aromatic carbocycles. The van der Waals surface area contributed by atoms with E-state index in [1.54, 1.807) is 13.1 Å². The summed E-state index contributed by atoms with van der Waals surface area (Å²) in [7, 11) is 3.89. The first-order valence-corrected chi connectivity index (χ1v) is 18.1. The Morgan fingerprint density at radius 2 is 1.98 bits per heavy atom. The van der Waals surface area contributed by atoms with E-state index < -0.39 is 35.0 Å². The van der Waals surface area contributed by atoms with E-state index in [0.29, 0.717) is 37.3 Å². The summed E-state index contributed by atoms with van der Waals surface area (Å²) in [5.74, 6) is 0.286. The quantitative estimate of drug-likeness (QED) is 0.0383. The van der Waals surface area contributed by atoms with Crippen LogP contribution in [-0.2, 0) is 26.2 Å². The summed E-state index contributed by atoms with van der Waals surface area (Å²) in [6.45, 7) is 8.07. The summed E-state index contributed by atoms with van der Waals surface area (Å²) < 4.78 is 13.5. The number of amides is 4. The second-order valence-corrected chi connectivity index (χ2v) is 15.4. The number of carbonyl (C=O) groups is 4. The molecule has 6 rings (SSSR count). The van der Waals surface area contributed by atoms with Crippen molar-refractivity contribution in [3.05, 3.63) is 35.4 Å². The van der Waals surface area contributed by atoms with E-state index in [2.05, 4.69) is 34.6 Å². The van der Waals surface area contributed by atoms with Gasteiger partial charge in [-0.3, -0.25) is 30.8 Å². The van der Waals surface area contributed by atoms with Crippen LogP contribution in [0, 0.1) is 5.92 Å². The third-order valence-electron chi connectivity index (χ3n) is 11.8. The summed E-state index contributed by atoms with van der Waals surface area (Å²) in [5.41, 5.74) is 12.4. The molecule has 1 aromatic rings. The van der Waals surface area contributed by atoms with Gasteiger partial charge in [-0.1, -0.05) is 12.6 Å². The minimum atomic E-state index is -0.954. The second-order valence-electron chi connectivity index (χ2n) is 15.4. The molecule has 4 amide bonds. The number of nitrogens with two attached hydrogens (primary N) is 2. The number of ether oxygens (including phenoxy) is 2. The lowest BCUT2D eigenvalue weighted by atomic mass is 9.48. The van der Waals surface area contributed by atoms with Gasteiger partial charge in [0.25, 0.3) is 0 Å². The smallest absolute Gasteiger partial charge is 0.415 e. The number of likely N-dealkylation sites (tertiary alicyclic amines) is 1. The van der Waals surface area contributed by atoms with Crippen molar-refractivity contribution in [2.45, 2.75) is 87.5 Å². The van der Waals surface area contributed by atoms with Gasteiger partial charge in [0.1, 0.15) is 23.8 Å². The molecule has 3 aliphatic carbocycles. The highest BCUT2D eigenvalue weighted by Crippen LogP contribution is 2.67. The SMILES string of the molecule is C=C1CC[C@@]2(O)[C@@H]3Cc4ccc(OC(=O)N(C)CCNC(=O)[C@H](CCC[NH+]=C(N)N)NC(=O)CNC(C)=O)c5c4[C@@]2(CC[N+]3(C)CC2CC2)[C@H]1O5. The molecule has 0 aromatic heterocycles. The number of aliphatic hydroxyl groups is 1. The zero-order chi connectivity index (χ0) is 36.7. The molecule has 2 heterocycles. The Bertz CT molecular complexity index is 1630. The summed E-state index contributed by atoms with van der Waals surface area (Å²) in [4.78, 5) is 54.1. The maximum Gasteiger partial charge on any atom is 0.415 e. The molecule has 1 saturated heterocycles. The zero-order valence-corrected chi connectivity index (χ0v) is 30.0. The lowest BCUT2D eigenvalue weighted by Gasteiger charge is -2.65. The maximum atomic E-state index is 13.4. The average molecular weight is 711 g/mol. The Morgan fingerprint density at radius 1 is 1.22 bits per heavy atom. The average Bonchev–Trinajstić information content (AvgIpc) is 3.81. The van der Waals surface area contributed by atoms with Gasteiger partial charge in [-0.2, -0.15) is 0 Å². The van der Waals surface area contributed by atoms with E-state index >= 15 is 0 Å². The van der Waals surface area contributed by atoms with Gasteiger partial charge in [0.2, 0.25) is 17.7 Å². The van der Waals surface area contributed by atoms with Crippen molar-refractivity contribution >= 4 is 29.8 Å². The van der Waals surface area contributed by atoms with Crippen LogP contribution in [0.4, 0.5) is 4.79 Å². The predicted octanol–water partition coefficient (Wildman–Crippen LogP) is -1.75. The Morgan fingerprint density at radius 3 is 2.69 bits per heavy atom. The molecule has 9 N–H and O–H groups in total. The van der Waals surface area contributed by atoms with Gasteiger partial charge in [0.05, 0.1) is 38.6 Å². The molecule has 5 aliphatic rings. The molecule has 3 fully saturated rings. The van der Waals surface area contributed by atoms with Crippen molar-refractivity contribution in [2.75, 3.05) is 53.4 Å². The van der Waals surface area contributed by atoms with Crippen LogP contribution in [-0.4, -0.2) is 121 Å². The van der Waals surface area contributed by atoms with Crippen LogP contribution in [0.3, 0.4) is 0 Å². The number of hydrogen-bond acceptors (Lipinski definition) is 7. The van der Waals surface area contributed by atoms with Crippen LogP contribution >= 0.6 is 0 Å². The standard InChI is InChI=1S/C36H52N8O7/c1-21-11-12-36(49)27-18-24-9-10-26(30-29(24)35(36,31(21)51-30)13-17-44(27,4)20-23-7-8-23)50-34(48)43(3)16-15-39-32(47)25(6-5-14-40-33(37)38)42-28(46)19-41-22(2)45/h9-10,23,25,27,31,49H,1,5-8,11-20H2,2-4H3,(H6-,37,38,39,40,41,42,45,46,47)/p+2/t25-,27-,31-,35-,36+,44?/m0/s1. The molecule has 15 nitrogen and oxygen atoms in total. The number of rotatable bonds is 14. The van der Waals surface area contributed by atoms with Crippen molar-refractivity contribution < 1.29 is 43.2 Å². The molecule has 278 valence electrons. The topological polar surface area (TPSA) is 212 Å². The van der Waals surface area contributed by atoms with Crippen LogP contribution in [0.1, 0.15) is 63.0 Å². The molecular formula is C36H54N8O7+2. The van der Waals surface area contributed by atoms with Gasteiger partial charge >= 0.3 is 12.1 Å². The highest BCUT2D eigenvalue weighted by molar-refractivity contribution is 5.89. The lowest BCUT2D eigenvalue weighted by molar-refractivity contribution is -0.950. The van der Waals surface area contributed by atoms with Gasteiger partial charge < -0.3 is 39.9 Å². The van der Waals surface area contributed by atoms with E-state index in [4.69, 9.17) is 20.9 Å². The highest BCUT2D eigenvalue weighted by Gasteiger charge is 2.75. The van der Waals surface area contributed by atoms with Crippen LogP contribution in [0.5, 0.6) is 11.5 Å². The minimum absolute atomic E-state index is 0.0509. The molecule has 2 aliphatic heterocycles. The third-order valence-corrected chi connectivity index (χ3v) is 11.8. The Kier molecular flexibility index (Phi) is 9.98. The normalized spacial score (nSPS) is 28.7. The third kappa shape index (κ3) is 6.85. The van der Waals surface area contributed by atoms with Gasteiger partial charge in [-0.25, -0.2) is 4.79 Å². The van der Waals surface area contributed by atoms with Crippen LogP contribution < -0.4 is 41.9 Å². The fraction of sp³-hybridized carbons (Fsp3) is 0.639. The van der Waals surface area contributed by atoms with E-state index in [-0.39, 0.29) is 50.1 Å². The van der Waals surface area contributed by atoms with Crippen LogP contribution in [0.2, 0.25) is 0 Å². The molecular weight excluding hydrogens is 656 g/mol. The number of likely N-dealkylation sites (N-methyl/N-ethyl adjacent to an activating group) is 2. The molecule has 6 atom stereocenters. The lowest BCUT2D eigenvalue weighted by Crippen LogP contribution is -2.80. The number of carbonyl (C=O) groups excluding carboxylic acids is 4. The molecule has 2 saturated carbocycles. The van der Waals surface area contributed by atoms with E-state index in [9.17, 15) is 24.3 Å². The fourth-order valence-corrected chi connectivity index (χ4v) is 9.13. The van der Waals surface area contributed by atoms with Gasteiger partial charge in [0, 0.05) is 51.4 Å². The van der Waals surface area contributed by atoms with Crippen molar-refractivity contribution in [3.8, 4) is 11.5 Å². The van der Waals surface area contributed by atoms with Crippen LogP contribution in [0.15, 0.2) is 24.3 Å². The Balaban J connectivity index is 1.11. The van der Waals surface area contributed by atoms with Crippen molar-refractivity contribution in [3.63, 3.8) is 0 Å². The largest absolute Gasteiger partial charge is 0.481 e. The van der Waals surface area contributed by atoms with E-state index in [1.165, 1.54) is 24.7 Å². The fourth-order valence-electron chi connectivity index (χ4n) is 9.13. The number of guanidine groups is 1. The molecule has 0 radical (unpaired) electrons. The summed E-state index contributed by atoms with van der Waals surface area (Å²) in [6, 6.07) is 3.00. The zero-order valence-electron chi connectivity index (χ0n) is 30.0. The summed E-state index contributed by atoms with van der Waals surface area (Å²) in [6.07, 6.45) is 5.12. The first kappa shape index (κ1) is 36.4. The number of quaternary nitrogens is 1. The van der Waals surface area contributed by atoms with E-state index in [0.717, 1.165) is 53.0 Å². The van der Waals surface area contributed by atoms with Crippen molar-refractivity contribution in [2.24, 2.45) is 17.4 Å². The summed E-state index contributed by atoms with van der Waals surface area (Å²) >= 11 is 0. The van der Waals surface area contributed by atoms with Crippen molar-refractivity contribution in [1.82, 2.24) is 20.9 Å². The number of piperidine rings is 1. The number of hydrogen-bond donors (Lipinski definition) is 7. The summed E-state index contributed by atoms with van der Waals surface area (Å²) in [5, 5.41) is 20.6. The van der Waals surface area contributed by atoms with Crippen LogP contribution in [0.25, 0.3) is 0 Å². The van der Waals surface area contributed by atoms with Gasteiger partial charge in [0.15, 0.2) is 11.5 Å². The number of nitrogens with zero attached hydrogens (tertiary/aromatic N) is 2. The van der Waals surface area contributed by atoms with Gasteiger partial charge in [-0.05, 0) is 55.7 Å². The number of benzene rings is 1. The highest BCUT2D eigenvalue weighted by atomic mass is 16.6. The Hall–Kier alpha value is -4.37. The monoisotopic (exact) mass is 710 g/mol. The second kappa shape index (κ2) is 14.0. The first-order valence-electron chi connectivity index (χ1n) is 18.1. The Labute approximate surface area is 298 Å². The van der Waals surface area contributed by atoms with Crippen molar-refractivity contribution in [1.29, 1.82) is 0 Å². The molecule has 1 spiro atoms. The van der Waals surface area contributed by atoms with Gasteiger partial charge in [-0.15, -0.1) is 0 Å². The molecule has 1 unspecified atom stereocenters. The molecule has 15 heteroatoms. The number of nitrogens with one attached hydrogen (secondary N) is 4. The molecule has 2 bridgehead atoms.